The van der Waals surface area contributed by atoms with Gasteiger partial charge in [0.15, 0.2) is 0 Å². The lowest BCUT2D eigenvalue weighted by atomic mass is 9.95. The van der Waals surface area contributed by atoms with E-state index >= 15 is 0 Å². The Balaban J connectivity index is 2.26. The van der Waals surface area contributed by atoms with Crippen LogP contribution in [0.2, 0.25) is 5.02 Å². The van der Waals surface area contributed by atoms with Crippen LogP contribution in [0.25, 0.3) is 0 Å². The Morgan fingerprint density at radius 3 is 2.52 bits per heavy atom. The number of hydrogen-bond donors (Lipinski definition) is 0. The first kappa shape index (κ1) is 16.6. The Kier molecular flexibility index (Phi) is 4.85. The van der Waals surface area contributed by atoms with Crippen molar-refractivity contribution in [3.05, 3.63) is 28.8 Å². The lowest BCUT2D eigenvalue weighted by Gasteiger charge is -2.18. The van der Waals surface area contributed by atoms with Gasteiger partial charge in [0, 0.05) is 34.4 Å². The van der Waals surface area contributed by atoms with Crippen LogP contribution in [0.3, 0.4) is 0 Å². The highest BCUT2D eigenvalue weighted by molar-refractivity contribution is 8.13. The van der Waals surface area contributed by atoms with Gasteiger partial charge in [-0.05, 0) is 36.5 Å². The number of rotatable bonds is 3. The van der Waals surface area contributed by atoms with Gasteiger partial charge >= 0.3 is 0 Å². The van der Waals surface area contributed by atoms with Crippen LogP contribution < -0.4 is 0 Å². The molecule has 1 saturated heterocycles. The molecular formula is C14H17Cl2NO3S. The first-order chi connectivity index (χ1) is 9.68. The molecule has 1 aromatic carbocycles. The van der Waals surface area contributed by atoms with Gasteiger partial charge in [0.1, 0.15) is 0 Å². The van der Waals surface area contributed by atoms with E-state index in [1.54, 1.807) is 4.90 Å². The molecule has 1 aromatic rings. The average Bonchev–Trinajstić information content (AvgIpc) is 2.85. The summed E-state index contributed by atoms with van der Waals surface area (Å²) in [6.07, 6.45) is 0.963. The third-order valence-electron chi connectivity index (χ3n) is 3.85. The molecule has 1 unspecified atom stereocenters. The van der Waals surface area contributed by atoms with Crippen LogP contribution in [0.4, 0.5) is 0 Å². The fourth-order valence-corrected chi connectivity index (χ4v) is 3.63. The molecule has 1 fully saturated rings. The predicted octanol–water partition coefficient (Wildman–Crippen LogP) is 3.39. The molecule has 1 heterocycles. The minimum absolute atomic E-state index is 0.153. The van der Waals surface area contributed by atoms with Gasteiger partial charge in [0.25, 0.3) is 15.0 Å². The molecule has 0 aliphatic carbocycles. The topological polar surface area (TPSA) is 54.5 Å². The van der Waals surface area contributed by atoms with E-state index in [-0.39, 0.29) is 21.4 Å². The van der Waals surface area contributed by atoms with Crippen molar-refractivity contribution in [3.63, 3.8) is 0 Å². The molecule has 1 aliphatic heterocycles. The summed E-state index contributed by atoms with van der Waals surface area (Å²) >= 11 is 5.89. The van der Waals surface area contributed by atoms with Crippen LogP contribution in [0.1, 0.15) is 30.6 Å². The molecule has 0 spiro atoms. The number of benzene rings is 1. The predicted molar refractivity (Wildman–Crippen MR) is 83.3 cm³/mol. The first-order valence-electron chi connectivity index (χ1n) is 6.73. The maximum atomic E-state index is 12.5. The van der Waals surface area contributed by atoms with Crippen LogP contribution in [0.5, 0.6) is 0 Å². The number of halogens is 2. The smallest absolute Gasteiger partial charge is 0.261 e. The van der Waals surface area contributed by atoms with Crippen molar-refractivity contribution in [2.45, 2.75) is 25.2 Å². The zero-order valence-corrected chi connectivity index (χ0v) is 14.2. The van der Waals surface area contributed by atoms with Gasteiger partial charge < -0.3 is 4.90 Å². The maximum Gasteiger partial charge on any atom is 0.261 e. The molecule has 21 heavy (non-hydrogen) atoms. The van der Waals surface area contributed by atoms with E-state index in [0.717, 1.165) is 6.42 Å². The maximum absolute atomic E-state index is 12.5. The van der Waals surface area contributed by atoms with Crippen molar-refractivity contribution in [3.8, 4) is 0 Å². The van der Waals surface area contributed by atoms with E-state index < -0.39 is 9.05 Å². The van der Waals surface area contributed by atoms with Crippen molar-refractivity contribution in [1.29, 1.82) is 0 Å². The van der Waals surface area contributed by atoms with Crippen LogP contribution in [0, 0.1) is 11.8 Å². The van der Waals surface area contributed by atoms with Crippen molar-refractivity contribution in [1.82, 2.24) is 4.90 Å². The van der Waals surface area contributed by atoms with Gasteiger partial charge in [0.2, 0.25) is 0 Å². The number of carbonyl (C=O) groups is 1. The molecule has 116 valence electrons. The Morgan fingerprint density at radius 2 is 2.00 bits per heavy atom. The Labute approximate surface area is 134 Å². The van der Waals surface area contributed by atoms with Crippen LogP contribution >= 0.6 is 22.3 Å². The summed E-state index contributed by atoms with van der Waals surface area (Å²) in [6, 6.07) is 3.99. The summed E-state index contributed by atoms with van der Waals surface area (Å²) in [5.74, 6) is 0.785. The number of likely N-dealkylation sites (tertiary alicyclic amines) is 1. The van der Waals surface area contributed by atoms with Gasteiger partial charge in [-0.1, -0.05) is 25.4 Å². The van der Waals surface area contributed by atoms with E-state index in [1.807, 2.05) is 0 Å². The fraction of sp³-hybridized carbons (Fsp3) is 0.500. The molecule has 1 atom stereocenters. The summed E-state index contributed by atoms with van der Waals surface area (Å²) in [6.45, 7) is 5.63. The van der Waals surface area contributed by atoms with Crippen LogP contribution in [0.15, 0.2) is 23.1 Å². The van der Waals surface area contributed by atoms with Gasteiger partial charge in [-0.15, -0.1) is 0 Å². The highest BCUT2D eigenvalue weighted by Crippen LogP contribution is 2.27. The number of hydrogen-bond acceptors (Lipinski definition) is 3. The van der Waals surface area contributed by atoms with Crippen molar-refractivity contribution in [2.75, 3.05) is 13.1 Å². The molecule has 0 radical (unpaired) electrons. The fourth-order valence-electron chi connectivity index (χ4n) is 2.53. The molecule has 2 rings (SSSR count). The first-order valence-corrected chi connectivity index (χ1v) is 9.41. The molecule has 1 amide bonds. The number of amides is 1. The van der Waals surface area contributed by atoms with E-state index in [9.17, 15) is 13.2 Å². The lowest BCUT2D eigenvalue weighted by Crippen LogP contribution is -2.29. The molecular weight excluding hydrogens is 333 g/mol. The summed E-state index contributed by atoms with van der Waals surface area (Å²) in [4.78, 5) is 14.1. The van der Waals surface area contributed by atoms with Gasteiger partial charge in [-0.25, -0.2) is 8.42 Å². The van der Waals surface area contributed by atoms with Gasteiger partial charge in [0.05, 0.1) is 4.90 Å². The lowest BCUT2D eigenvalue weighted by molar-refractivity contribution is 0.0784. The molecule has 0 bridgehead atoms. The van der Waals surface area contributed by atoms with Crippen molar-refractivity contribution < 1.29 is 13.2 Å². The van der Waals surface area contributed by atoms with Crippen molar-refractivity contribution in [2.24, 2.45) is 11.8 Å². The quantitative estimate of drug-likeness (QED) is 0.786. The zero-order valence-electron chi connectivity index (χ0n) is 11.8. The Bertz CT molecular complexity index is 658. The van der Waals surface area contributed by atoms with Crippen molar-refractivity contribution >= 4 is 37.2 Å². The highest BCUT2D eigenvalue weighted by atomic mass is 35.7. The minimum Gasteiger partial charge on any atom is -0.338 e. The van der Waals surface area contributed by atoms with Crippen LogP contribution in [-0.4, -0.2) is 32.3 Å². The summed E-state index contributed by atoms with van der Waals surface area (Å²) in [5.41, 5.74) is 0.256. The second kappa shape index (κ2) is 6.15. The highest BCUT2D eigenvalue weighted by Gasteiger charge is 2.29. The molecule has 4 nitrogen and oxygen atoms in total. The molecule has 0 N–H and O–H groups in total. The summed E-state index contributed by atoms with van der Waals surface area (Å²) in [7, 11) is 1.41. The molecule has 7 heteroatoms. The van der Waals surface area contributed by atoms with Crippen LogP contribution in [-0.2, 0) is 9.05 Å². The Hall–Kier alpha value is -0.780. The zero-order chi connectivity index (χ0) is 15.8. The second-order valence-electron chi connectivity index (χ2n) is 5.66. The van der Waals surface area contributed by atoms with E-state index in [4.69, 9.17) is 22.3 Å². The monoisotopic (exact) mass is 349 g/mol. The number of carbonyl (C=O) groups excluding carboxylic acids is 1. The third-order valence-corrected chi connectivity index (χ3v) is 5.41. The summed E-state index contributed by atoms with van der Waals surface area (Å²) in [5, 5.41) is 0.180. The molecule has 1 aliphatic rings. The summed E-state index contributed by atoms with van der Waals surface area (Å²) < 4.78 is 22.8. The SMILES string of the molecule is CC(C)C1CCN(C(=O)c2cc(Cl)cc(S(=O)(=O)Cl)c2)C1. The standard InChI is InChI=1S/C14H17Cl2NO3S/c1-9(2)10-3-4-17(8-10)14(18)11-5-12(15)7-13(6-11)21(16,19)20/h5-7,9-10H,3-4,8H2,1-2H3. The third kappa shape index (κ3) is 3.90. The van der Waals surface area contributed by atoms with Gasteiger partial charge in [-0.2, -0.15) is 0 Å². The normalized spacial score (nSPS) is 19.3. The molecule has 0 aromatic heterocycles. The largest absolute Gasteiger partial charge is 0.338 e. The molecule has 0 saturated carbocycles. The van der Waals surface area contributed by atoms with Gasteiger partial charge in [-0.3, -0.25) is 4.79 Å². The van der Waals surface area contributed by atoms with E-state index in [0.29, 0.717) is 24.9 Å². The number of nitrogens with zero attached hydrogens (tertiary/aromatic N) is 1. The second-order valence-corrected chi connectivity index (χ2v) is 8.66. The average molecular weight is 350 g/mol. The van der Waals surface area contributed by atoms with E-state index in [2.05, 4.69) is 13.8 Å². The Morgan fingerprint density at radius 1 is 1.33 bits per heavy atom. The minimum atomic E-state index is -3.91. The van der Waals surface area contributed by atoms with E-state index in [1.165, 1.54) is 18.2 Å².